The van der Waals surface area contributed by atoms with Crippen LogP contribution in [-0.4, -0.2) is 60.0 Å². The Bertz CT molecular complexity index is 1470. The summed E-state index contributed by atoms with van der Waals surface area (Å²) in [4.78, 5) is 21.9. The molecule has 0 unspecified atom stereocenters. The Morgan fingerprint density at radius 2 is 1.64 bits per heavy atom. The van der Waals surface area contributed by atoms with Gasteiger partial charge in [-0.05, 0) is 51.0 Å². The Labute approximate surface area is 226 Å². The van der Waals surface area contributed by atoms with Gasteiger partial charge in [-0.2, -0.15) is 4.98 Å². The summed E-state index contributed by atoms with van der Waals surface area (Å²) >= 11 is 0. The molecule has 4 aromatic rings. The molecule has 0 aliphatic carbocycles. The molecule has 11 heteroatoms. The quantitative estimate of drug-likeness (QED) is 0.347. The molecule has 39 heavy (non-hydrogen) atoms. The number of carbonyl (C=O) groups is 1. The van der Waals surface area contributed by atoms with Crippen molar-refractivity contribution in [3.63, 3.8) is 0 Å². The van der Waals surface area contributed by atoms with E-state index in [1.807, 2.05) is 38.1 Å². The highest BCUT2D eigenvalue weighted by atomic mass is 16.5. The number of amides is 1. The summed E-state index contributed by atoms with van der Waals surface area (Å²) in [6, 6.07) is 10.8. The van der Waals surface area contributed by atoms with Crippen molar-refractivity contribution in [2.24, 2.45) is 5.92 Å². The van der Waals surface area contributed by atoms with E-state index in [0.29, 0.717) is 64.9 Å². The lowest BCUT2D eigenvalue weighted by Crippen LogP contribution is -2.28. The van der Waals surface area contributed by atoms with Gasteiger partial charge in [0.2, 0.25) is 17.5 Å². The summed E-state index contributed by atoms with van der Waals surface area (Å²) in [5, 5.41) is 7.72. The molecule has 2 aromatic carbocycles. The molecule has 2 aromatic heterocycles. The molecule has 5 rings (SSSR count). The maximum absolute atomic E-state index is 12.6. The molecule has 11 nitrogen and oxygen atoms in total. The van der Waals surface area contributed by atoms with Gasteiger partial charge in [0.15, 0.2) is 22.8 Å². The van der Waals surface area contributed by atoms with Crippen LogP contribution in [0.25, 0.3) is 16.9 Å². The molecule has 1 amide bonds. The maximum atomic E-state index is 12.6. The fraction of sp³-hybridized carbons (Fsp3) is 0.357. The highest BCUT2D eigenvalue weighted by molar-refractivity contribution is 5.92. The highest BCUT2D eigenvalue weighted by Gasteiger charge is 2.22. The number of aryl methyl sites for hydroxylation is 2. The number of anilines is 1. The van der Waals surface area contributed by atoms with Crippen LogP contribution in [-0.2, 0) is 9.53 Å². The molecule has 0 atom stereocenters. The first kappa shape index (κ1) is 26.2. The van der Waals surface area contributed by atoms with Gasteiger partial charge in [-0.15, -0.1) is 5.10 Å². The summed E-state index contributed by atoms with van der Waals surface area (Å²) in [6.45, 7) is 4.98. The van der Waals surface area contributed by atoms with Crippen LogP contribution in [0.5, 0.6) is 28.9 Å². The Kier molecular flexibility index (Phi) is 7.51. The lowest BCUT2D eigenvalue weighted by molar-refractivity contribution is -0.122. The van der Waals surface area contributed by atoms with Crippen LogP contribution in [0, 0.1) is 19.8 Å². The fourth-order valence-corrected chi connectivity index (χ4v) is 4.62. The zero-order chi connectivity index (χ0) is 27.5. The van der Waals surface area contributed by atoms with Crippen molar-refractivity contribution in [1.82, 2.24) is 19.6 Å². The average Bonchev–Trinajstić information content (AvgIpc) is 3.26. The number of benzene rings is 2. The zero-order valence-corrected chi connectivity index (χ0v) is 22.6. The highest BCUT2D eigenvalue weighted by Crippen LogP contribution is 2.42. The number of aromatic nitrogens is 4. The number of nitrogens with one attached hydrogen (secondary N) is 1. The normalized spacial score (nSPS) is 13.8. The van der Waals surface area contributed by atoms with Crippen molar-refractivity contribution in [2.75, 3.05) is 39.9 Å². The summed E-state index contributed by atoms with van der Waals surface area (Å²) in [7, 11) is 4.63. The van der Waals surface area contributed by atoms with Crippen molar-refractivity contribution in [3.05, 3.63) is 47.9 Å². The van der Waals surface area contributed by atoms with Crippen LogP contribution >= 0.6 is 0 Å². The molecule has 0 saturated carbocycles. The summed E-state index contributed by atoms with van der Waals surface area (Å²) in [5.41, 5.74) is 2.83. The number of carbonyl (C=O) groups excluding carboxylic acids is 1. The van der Waals surface area contributed by atoms with Gasteiger partial charge in [-0.1, -0.05) is 0 Å². The van der Waals surface area contributed by atoms with E-state index in [9.17, 15) is 4.79 Å². The third-order valence-electron chi connectivity index (χ3n) is 6.65. The smallest absolute Gasteiger partial charge is 0.249 e. The van der Waals surface area contributed by atoms with Gasteiger partial charge in [0.1, 0.15) is 11.6 Å². The third-order valence-corrected chi connectivity index (χ3v) is 6.65. The monoisotopic (exact) mass is 533 g/mol. The van der Waals surface area contributed by atoms with Crippen LogP contribution in [0.1, 0.15) is 24.4 Å². The summed E-state index contributed by atoms with van der Waals surface area (Å²) in [5.74, 6) is 3.25. The maximum Gasteiger partial charge on any atom is 0.249 e. The van der Waals surface area contributed by atoms with Crippen molar-refractivity contribution in [1.29, 1.82) is 0 Å². The first-order valence-corrected chi connectivity index (χ1v) is 12.6. The van der Waals surface area contributed by atoms with Crippen LogP contribution in [0.15, 0.2) is 36.4 Å². The molecule has 1 N–H and O–H groups in total. The number of rotatable bonds is 8. The molecule has 0 spiro atoms. The standard InChI is InChI=1S/C28H31N5O6/c1-16-24-28(39-21-14-22(35-3)25(37-5)23(15-21)36-4)31-26(32-33(24)17(2)29-16)18-6-8-20(9-7-18)30-27(34)19-10-12-38-13-11-19/h6-9,14-15,19H,10-13H2,1-5H3,(H,30,34). The number of imidazole rings is 1. The first-order chi connectivity index (χ1) is 18.9. The van der Waals surface area contributed by atoms with Gasteiger partial charge in [0.25, 0.3) is 0 Å². The lowest BCUT2D eigenvalue weighted by atomic mass is 9.99. The molecule has 1 fully saturated rings. The molecule has 1 saturated heterocycles. The third kappa shape index (κ3) is 5.30. The van der Waals surface area contributed by atoms with Gasteiger partial charge in [0.05, 0.1) is 27.0 Å². The Hall–Kier alpha value is -4.38. The number of hydrogen-bond donors (Lipinski definition) is 1. The van der Waals surface area contributed by atoms with Crippen molar-refractivity contribution >= 4 is 17.1 Å². The van der Waals surface area contributed by atoms with Gasteiger partial charge >= 0.3 is 0 Å². The number of hydrogen-bond acceptors (Lipinski definition) is 9. The summed E-state index contributed by atoms with van der Waals surface area (Å²) < 4.78 is 29.7. The van der Waals surface area contributed by atoms with E-state index < -0.39 is 0 Å². The van der Waals surface area contributed by atoms with Crippen LogP contribution < -0.4 is 24.3 Å². The van der Waals surface area contributed by atoms with Crippen molar-refractivity contribution in [3.8, 4) is 40.3 Å². The molecule has 1 aliphatic rings. The van der Waals surface area contributed by atoms with Crippen LogP contribution in [0.4, 0.5) is 5.69 Å². The van der Waals surface area contributed by atoms with Gasteiger partial charge in [-0.3, -0.25) is 4.79 Å². The first-order valence-electron chi connectivity index (χ1n) is 12.6. The minimum Gasteiger partial charge on any atom is -0.493 e. The van der Waals surface area contributed by atoms with E-state index in [2.05, 4.69) is 10.3 Å². The van der Waals surface area contributed by atoms with Gasteiger partial charge in [-0.25, -0.2) is 9.50 Å². The second kappa shape index (κ2) is 11.2. The zero-order valence-electron chi connectivity index (χ0n) is 22.6. The molecule has 3 heterocycles. The van der Waals surface area contributed by atoms with E-state index >= 15 is 0 Å². The van der Waals surface area contributed by atoms with E-state index in [-0.39, 0.29) is 11.8 Å². The molecule has 1 aliphatic heterocycles. The second-order valence-electron chi connectivity index (χ2n) is 9.16. The number of fused-ring (bicyclic) bond motifs is 1. The van der Waals surface area contributed by atoms with Crippen LogP contribution in [0.3, 0.4) is 0 Å². The van der Waals surface area contributed by atoms with E-state index in [0.717, 1.165) is 24.1 Å². The van der Waals surface area contributed by atoms with E-state index in [1.165, 1.54) is 0 Å². The number of methoxy groups -OCH3 is 3. The molecule has 0 radical (unpaired) electrons. The predicted octanol–water partition coefficient (Wildman–Crippen LogP) is 4.59. The van der Waals surface area contributed by atoms with E-state index in [4.69, 9.17) is 33.8 Å². The Morgan fingerprint density at radius 3 is 2.26 bits per heavy atom. The largest absolute Gasteiger partial charge is 0.493 e. The van der Waals surface area contributed by atoms with Gasteiger partial charge in [0, 0.05) is 42.5 Å². The number of ether oxygens (including phenoxy) is 5. The second-order valence-corrected chi connectivity index (χ2v) is 9.16. The van der Waals surface area contributed by atoms with Crippen molar-refractivity contribution in [2.45, 2.75) is 26.7 Å². The minimum atomic E-state index is -0.0356. The molecular weight excluding hydrogens is 502 g/mol. The Morgan fingerprint density at radius 1 is 0.974 bits per heavy atom. The topological polar surface area (TPSA) is 118 Å². The lowest BCUT2D eigenvalue weighted by Gasteiger charge is -2.21. The van der Waals surface area contributed by atoms with Crippen LogP contribution in [0.2, 0.25) is 0 Å². The fourth-order valence-electron chi connectivity index (χ4n) is 4.62. The molecular formula is C28H31N5O6. The van der Waals surface area contributed by atoms with E-state index in [1.54, 1.807) is 38.0 Å². The number of nitrogens with zero attached hydrogens (tertiary/aromatic N) is 4. The van der Waals surface area contributed by atoms with Gasteiger partial charge < -0.3 is 29.0 Å². The summed E-state index contributed by atoms with van der Waals surface area (Å²) in [6.07, 6.45) is 1.46. The SMILES string of the molecule is COc1cc(Oc2nc(-c3ccc(NC(=O)C4CCOCC4)cc3)nn3c(C)nc(C)c23)cc(OC)c1OC. The minimum absolute atomic E-state index is 0.00858. The predicted molar refractivity (Wildman–Crippen MR) is 144 cm³/mol. The van der Waals surface area contributed by atoms with Crippen molar-refractivity contribution < 1.29 is 28.5 Å². The molecule has 204 valence electrons. The molecule has 0 bridgehead atoms. The average molecular weight is 534 g/mol. The Balaban J connectivity index is 1.48.